The zero-order valence-corrected chi connectivity index (χ0v) is 11.6. The van der Waals surface area contributed by atoms with Gasteiger partial charge in [-0.3, -0.25) is 0 Å². The number of ether oxygens (including phenoxy) is 4. The largest absolute Gasteiger partial charge is 0.387 e. The summed E-state index contributed by atoms with van der Waals surface area (Å²) in [5, 5.41) is 10.2. The second-order valence-corrected chi connectivity index (χ2v) is 5.30. The van der Waals surface area contributed by atoms with Crippen LogP contribution in [0.5, 0.6) is 0 Å². The van der Waals surface area contributed by atoms with Gasteiger partial charge in [-0.25, -0.2) is 0 Å². The summed E-state index contributed by atoms with van der Waals surface area (Å²) in [6.07, 6.45) is -2.13. The van der Waals surface area contributed by atoms with E-state index in [0.717, 1.165) is 5.56 Å². The van der Waals surface area contributed by atoms with Gasteiger partial charge in [0.05, 0.1) is 12.7 Å². The quantitative estimate of drug-likeness (QED) is 0.889. The molecule has 1 N–H and O–H groups in total. The topological polar surface area (TPSA) is 57.2 Å². The molecule has 0 amide bonds. The van der Waals surface area contributed by atoms with E-state index in [1.807, 2.05) is 37.3 Å². The summed E-state index contributed by atoms with van der Waals surface area (Å²) in [4.78, 5) is 0. The third kappa shape index (κ3) is 2.47. The Bertz CT molecular complexity index is 435. The summed E-state index contributed by atoms with van der Waals surface area (Å²) in [6.45, 7) is 2.38. The van der Waals surface area contributed by atoms with Gasteiger partial charge < -0.3 is 24.1 Å². The van der Waals surface area contributed by atoms with Crippen molar-refractivity contribution in [2.24, 2.45) is 5.92 Å². The standard InChI is InChI=1S/C15H20O5/c1-9-12(16)15(17-2)19-11-8-18-14(20-13(9)11)10-6-4-3-5-7-10/h3-7,9,11-16H,8H2,1-2H3/t9-,11-,12+,13+,14-,15+/m1/s1. The van der Waals surface area contributed by atoms with Gasteiger partial charge in [0.25, 0.3) is 0 Å². The molecule has 0 aliphatic carbocycles. The summed E-state index contributed by atoms with van der Waals surface area (Å²) in [7, 11) is 1.53. The van der Waals surface area contributed by atoms with Crippen LogP contribution in [0.3, 0.4) is 0 Å². The van der Waals surface area contributed by atoms with E-state index >= 15 is 0 Å². The maximum atomic E-state index is 10.2. The van der Waals surface area contributed by atoms with Crippen LogP contribution in [0.4, 0.5) is 0 Å². The van der Waals surface area contributed by atoms with Crippen LogP contribution in [-0.2, 0) is 18.9 Å². The lowest BCUT2D eigenvalue weighted by atomic mass is 9.90. The van der Waals surface area contributed by atoms with E-state index < -0.39 is 18.7 Å². The van der Waals surface area contributed by atoms with E-state index in [1.54, 1.807) is 0 Å². The Morgan fingerprint density at radius 1 is 1.20 bits per heavy atom. The van der Waals surface area contributed by atoms with Gasteiger partial charge in [-0.1, -0.05) is 37.3 Å². The molecular formula is C15H20O5. The van der Waals surface area contributed by atoms with Crippen molar-refractivity contribution in [1.29, 1.82) is 0 Å². The molecule has 110 valence electrons. The van der Waals surface area contributed by atoms with Gasteiger partial charge in [-0.05, 0) is 0 Å². The molecule has 5 nitrogen and oxygen atoms in total. The lowest BCUT2D eigenvalue weighted by Gasteiger charge is -2.46. The first kappa shape index (κ1) is 14.0. The van der Waals surface area contributed by atoms with Gasteiger partial charge in [-0.2, -0.15) is 0 Å². The maximum Gasteiger partial charge on any atom is 0.184 e. The first-order chi connectivity index (χ1) is 9.70. The summed E-state index contributed by atoms with van der Waals surface area (Å²) >= 11 is 0. The number of fused-ring (bicyclic) bond motifs is 1. The zero-order chi connectivity index (χ0) is 14.1. The van der Waals surface area contributed by atoms with Crippen LogP contribution in [0.2, 0.25) is 0 Å². The fourth-order valence-corrected chi connectivity index (χ4v) is 2.80. The van der Waals surface area contributed by atoms with Crippen LogP contribution in [0.1, 0.15) is 18.8 Å². The van der Waals surface area contributed by atoms with Crippen molar-refractivity contribution in [2.75, 3.05) is 13.7 Å². The van der Waals surface area contributed by atoms with Crippen LogP contribution in [0.15, 0.2) is 30.3 Å². The second kappa shape index (κ2) is 5.79. The molecule has 2 aliphatic heterocycles. The molecule has 2 heterocycles. The number of rotatable bonds is 2. The lowest BCUT2D eigenvalue weighted by Crippen LogP contribution is -2.58. The molecule has 3 rings (SSSR count). The van der Waals surface area contributed by atoms with Gasteiger partial charge in [0, 0.05) is 18.6 Å². The Hall–Kier alpha value is -0.980. The highest BCUT2D eigenvalue weighted by atomic mass is 16.7. The highest BCUT2D eigenvalue weighted by Crippen LogP contribution is 2.36. The molecule has 2 fully saturated rings. The Balaban J connectivity index is 1.74. The number of aliphatic hydroxyl groups is 1. The third-order valence-electron chi connectivity index (χ3n) is 4.01. The first-order valence-corrected chi connectivity index (χ1v) is 6.89. The Morgan fingerprint density at radius 3 is 2.65 bits per heavy atom. The molecule has 20 heavy (non-hydrogen) atoms. The van der Waals surface area contributed by atoms with Gasteiger partial charge >= 0.3 is 0 Å². The van der Waals surface area contributed by atoms with Crippen molar-refractivity contribution >= 4 is 0 Å². The maximum absolute atomic E-state index is 10.2. The van der Waals surface area contributed by atoms with E-state index in [1.165, 1.54) is 7.11 Å². The monoisotopic (exact) mass is 280 g/mol. The Labute approximate surface area is 118 Å². The fourth-order valence-electron chi connectivity index (χ4n) is 2.80. The number of methoxy groups -OCH3 is 1. The van der Waals surface area contributed by atoms with E-state index in [0.29, 0.717) is 6.61 Å². The molecule has 0 radical (unpaired) electrons. The van der Waals surface area contributed by atoms with Gasteiger partial charge in [0.15, 0.2) is 12.6 Å². The molecule has 1 aromatic carbocycles. The van der Waals surface area contributed by atoms with E-state index in [2.05, 4.69) is 0 Å². The Kier molecular flexibility index (Phi) is 4.05. The minimum absolute atomic E-state index is 0.0752. The van der Waals surface area contributed by atoms with Crippen molar-refractivity contribution in [3.63, 3.8) is 0 Å². The van der Waals surface area contributed by atoms with E-state index in [-0.39, 0.29) is 18.1 Å². The predicted molar refractivity (Wildman–Crippen MR) is 70.8 cm³/mol. The second-order valence-electron chi connectivity index (χ2n) is 5.30. The molecule has 0 saturated carbocycles. The van der Waals surface area contributed by atoms with Gasteiger partial charge in [0.2, 0.25) is 0 Å². The number of hydrogen-bond donors (Lipinski definition) is 1. The van der Waals surface area contributed by atoms with E-state index in [9.17, 15) is 5.11 Å². The number of benzene rings is 1. The average molecular weight is 280 g/mol. The molecule has 1 aromatic rings. The molecular weight excluding hydrogens is 260 g/mol. The molecule has 0 aromatic heterocycles. The summed E-state index contributed by atoms with van der Waals surface area (Å²) in [6, 6.07) is 9.78. The van der Waals surface area contributed by atoms with Crippen molar-refractivity contribution in [2.45, 2.75) is 37.8 Å². The third-order valence-corrected chi connectivity index (χ3v) is 4.01. The van der Waals surface area contributed by atoms with E-state index in [4.69, 9.17) is 18.9 Å². The summed E-state index contributed by atoms with van der Waals surface area (Å²) in [5.74, 6) is -0.0752. The van der Waals surface area contributed by atoms with Crippen LogP contribution in [0, 0.1) is 5.92 Å². The molecule has 0 spiro atoms. The minimum Gasteiger partial charge on any atom is -0.387 e. The van der Waals surface area contributed by atoms with Gasteiger partial charge in [0.1, 0.15) is 12.2 Å². The highest BCUT2D eigenvalue weighted by Gasteiger charge is 2.47. The molecule has 5 heteroatoms. The highest BCUT2D eigenvalue weighted by molar-refractivity contribution is 5.16. The smallest absolute Gasteiger partial charge is 0.184 e. The molecule has 2 saturated heterocycles. The number of aliphatic hydroxyl groups excluding tert-OH is 1. The van der Waals surface area contributed by atoms with Crippen molar-refractivity contribution < 1.29 is 24.1 Å². The molecule has 0 bridgehead atoms. The lowest BCUT2D eigenvalue weighted by molar-refractivity contribution is -0.348. The fraction of sp³-hybridized carbons (Fsp3) is 0.600. The van der Waals surface area contributed by atoms with Crippen LogP contribution in [-0.4, -0.2) is 43.4 Å². The van der Waals surface area contributed by atoms with Crippen molar-refractivity contribution in [1.82, 2.24) is 0 Å². The summed E-state index contributed by atoms with van der Waals surface area (Å²) < 4.78 is 22.5. The van der Waals surface area contributed by atoms with Crippen molar-refractivity contribution in [3.05, 3.63) is 35.9 Å². The average Bonchev–Trinajstić information content (AvgIpc) is 2.51. The molecule has 0 unspecified atom stereocenters. The normalized spacial score (nSPS) is 41.1. The van der Waals surface area contributed by atoms with Crippen LogP contribution in [0.25, 0.3) is 0 Å². The number of hydrogen-bond acceptors (Lipinski definition) is 5. The molecule has 2 aliphatic rings. The zero-order valence-electron chi connectivity index (χ0n) is 11.6. The first-order valence-electron chi connectivity index (χ1n) is 6.89. The Morgan fingerprint density at radius 2 is 1.95 bits per heavy atom. The molecule has 6 atom stereocenters. The van der Waals surface area contributed by atoms with Crippen molar-refractivity contribution in [3.8, 4) is 0 Å². The predicted octanol–water partition coefficient (Wildman–Crippen LogP) is 1.47. The summed E-state index contributed by atoms with van der Waals surface area (Å²) in [5.41, 5.74) is 0.974. The van der Waals surface area contributed by atoms with Gasteiger partial charge in [-0.15, -0.1) is 0 Å². The SMILES string of the molecule is CO[C@H]1O[C@@H]2CO[C@@H](c3ccccc3)O[C@H]2[C@H](C)[C@@H]1O. The van der Waals surface area contributed by atoms with Crippen LogP contribution >= 0.6 is 0 Å². The minimum atomic E-state index is -0.698. The van der Waals surface area contributed by atoms with Crippen LogP contribution < -0.4 is 0 Å².